The zero-order valence-electron chi connectivity index (χ0n) is 18.0. The van der Waals surface area contributed by atoms with Gasteiger partial charge in [-0.15, -0.1) is 0 Å². The smallest absolute Gasteiger partial charge is 0.389 e. The summed E-state index contributed by atoms with van der Waals surface area (Å²) in [4.78, 5) is 11.5. The van der Waals surface area contributed by atoms with Crippen molar-refractivity contribution in [3.05, 3.63) is 70.8 Å². The molecule has 0 aliphatic heterocycles. The van der Waals surface area contributed by atoms with Crippen LogP contribution in [0.4, 0.5) is 13.2 Å². The van der Waals surface area contributed by atoms with Crippen LogP contribution < -0.4 is 0 Å². The van der Waals surface area contributed by atoms with E-state index in [1.165, 1.54) is 5.56 Å². The molecule has 2 aromatic carbocycles. The van der Waals surface area contributed by atoms with E-state index >= 15 is 0 Å². The minimum absolute atomic E-state index is 0.0707. The van der Waals surface area contributed by atoms with Gasteiger partial charge in [0.2, 0.25) is 0 Å². The van der Waals surface area contributed by atoms with Crippen LogP contribution in [0.5, 0.6) is 0 Å². The monoisotopic (exact) mass is 446 g/mol. The Morgan fingerprint density at radius 3 is 2.50 bits per heavy atom. The van der Waals surface area contributed by atoms with Crippen LogP contribution in [0, 0.1) is 5.92 Å². The first kappa shape index (κ1) is 22.8. The molecule has 2 aliphatic rings. The van der Waals surface area contributed by atoms with Crippen molar-refractivity contribution in [3.63, 3.8) is 0 Å². The first-order valence-corrected chi connectivity index (χ1v) is 11.3. The predicted octanol–water partition coefficient (Wildman–Crippen LogP) is 6.08. The summed E-state index contributed by atoms with van der Waals surface area (Å²) in [7, 11) is 0. The van der Waals surface area contributed by atoms with E-state index < -0.39 is 24.2 Å². The summed E-state index contributed by atoms with van der Waals surface area (Å²) in [6.07, 6.45) is -1.11. The standard InChI is InChI=1S/C26H29F3O3/c27-26(28,29)15-13-24(32)12-14-25(11-10-18-4-2-1-3-5-18)21(17-24)8-6-19-16-20(23(30)31)7-9-22(19)25/h1-5,7,9,16,21,32H,6,8,10-15,17H2,(H,30,31)/t21-,24+,25-/m1/s1. The topological polar surface area (TPSA) is 57.5 Å². The number of benzene rings is 2. The van der Waals surface area contributed by atoms with Crippen molar-refractivity contribution in [2.45, 2.75) is 75.0 Å². The van der Waals surface area contributed by atoms with E-state index in [2.05, 4.69) is 12.1 Å². The number of carbonyl (C=O) groups is 1. The molecule has 172 valence electrons. The van der Waals surface area contributed by atoms with E-state index in [0.29, 0.717) is 25.7 Å². The molecule has 32 heavy (non-hydrogen) atoms. The number of halogens is 3. The minimum atomic E-state index is -4.27. The van der Waals surface area contributed by atoms with Crippen LogP contribution in [-0.2, 0) is 18.3 Å². The van der Waals surface area contributed by atoms with E-state index in [1.807, 2.05) is 24.3 Å². The normalized spacial score (nSPS) is 27.4. The summed E-state index contributed by atoms with van der Waals surface area (Å²) in [5, 5.41) is 20.5. The average molecular weight is 447 g/mol. The molecule has 0 spiro atoms. The molecule has 1 fully saturated rings. The fraction of sp³-hybridized carbons (Fsp3) is 0.500. The van der Waals surface area contributed by atoms with Gasteiger partial charge in [0.05, 0.1) is 11.2 Å². The molecule has 3 atom stereocenters. The lowest BCUT2D eigenvalue weighted by molar-refractivity contribution is -0.153. The molecular formula is C26H29F3O3. The molecule has 3 nitrogen and oxygen atoms in total. The molecule has 0 radical (unpaired) electrons. The van der Waals surface area contributed by atoms with Crippen molar-refractivity contribution in [2.75, 3.05) is 0 Å². The van der Waals surface area contributed by atoms with Gasteiger partial charge in [-0.05, 0) is 91.5 Å². The maximum atomic E-state index is 12.8. The number of carboxylic acid groups (broad SMARTS) is 1. The summed E-state index contributed by atoms with van der Waals surface area (Å²) >= 11 is 0. The Morgan fingerprint density at radius 1 is 1.06 bits per heavy atom. The SMILES string of the molecule is O=C(O)c1ccc2c(c1)CC[C@@H]1C[C@@](O)(CCC(F)(F)F)CC[C@@]21CCc1ccccc1. The van der Waals surface area contributed by atoms with Gasteiger partial charge >= 0.3 is 12.1 Å². The number of hydrogen-bond acceptors (Lipinski definition) is 2. The predicted molar refractivity (Wildman–Crippen MR) is 116 cm³/mol. The second-order valence-electron chi connectivity index (χ2n) is 9.60. The highest BCUT2D eigenvalue weighted by Crippen LogP contribution is 2.56. The highest BCUT2D eigenvalue weighted by atomic mass is 19.4. The number of aromatic carboxylic acids is 1. The van der Waals surface area contributed by atoms with Crippen LogP contribution in [0.15, 0.2) is 48.5 Å². The van der Waals surface area contributed by atoms with E-state index in [-0.39, 0.29) is 23.3 Å². The molecule has 0 unspecified atom stereocenters. The number of carboxylic acids is 1. The Hall–Kier alpha value is -2.34. The van der Waals surface area contributed by atoms with Crippen molar-refractivity contribution < 1.29 is 28.2 Å². The van der Waals surface area contributed by atoms with Gasteiger partial charge < -0.3 is 10.2 Å². The van der Waals surface area contributed by atoms with Crippen molar-refractivity contribution in [1.82, 2.24) is 0 Å². The lowest BCUT2D eigenvalue weighted by atomic mass is 9.52. The Kier molecular flexibility index (Phi) is 6.10. The van der Waals surface area contributed by atoms with Gasteiger partial charge in [-0.3, -0.25) is 0 Å². The minimum Gasteiger partial charge on any atom is -0.478 e. The van der Waals surface area contributed by atoms with Crippen molar-refractivity contribution >= 4 is 5.97 Å². The molecule has 0 heterocycles. The van der Waals surface area contributed by atoms with E-state index in [1.54, 1.807) is 12.1 Å². The third kappa shape index (κ3) is 4.70. The summed E-state index contributed by atoms with van der Waals surface area (Å²) in [6.45, 7) is 0. The summed E-state index contributed by atoms with van der Waals surface area (Å²) in [5.41, 5.74) is 2.05. The van der Waals surface area contributed by atoms with E-state index in [4.69, 9.17) is 0 Å². The number of rotatable bonds is 6. The van der Waals surface area contributed by atoms with Gasteiger partial charge in [0.1, 0.15) is 0 Å². The number of alkyl halides is 3. The molecule has 0 amide bonds. The van der Waals surface area contributed by atoms with Crippen molar-refractivity contribution in [1.29, 1.82) is 0 Å². The molecule has 2 aliphatic carbocycles. The second-order valence-corrected chi connectivity index (χ2v) is 9.60. The molecule has 0 bridgehead atoms. The van der Waals surface area contributed by atoms with E-state index in [0.717, 1.165) is 30.4 Å². The maximum absolute atomic E-state index is 12.8. The van der Waals surface area contributed by atoms with Gasteiger partial charge in [-0.25, -0.2) is 4.79 Å². The number of fused-ring (bicyclic) bond motifs is 3. The van der Waals surface area contributed by atoms with Gasteiger partial charge in [0.25, 0.3) is 0 Å². The highest BCUT2D eigenvalue weighted by molar-refractivity contribution is 5.88. The summed E-state index contributed by atoms with van der Waals surface area (Å²) in [6, 6.07) is 15.4. The third-order valence-electron chi connectivity index (χ3n) is 7.67. The third-order valence-corrected chi connectivity index (χ3v) is 7.67. The Morgan fingerprint density at radius 2 is 1.81 bits per heavy atom. The maximum Gasteiger partial charge on any atom is 0.389 e. The molecule has 0 aromatic heterocycles. The van der Waals surface area contributed by atoms with Crippen LogP contribution in [0.2, 0.25) is 0 Å². The molecule has 2 aromatic rings. The molecule has 0 saturated heterocycles. The van der Waals surface area contributed by atoms with Gasteiger partial charge in [0.15, 0.2) is 0 Å². The zero-order valence-corrected chi connectivity index (χ0v) is 18.0. The summed E-state index contributed by atoms with van der Waals surface area (Å²) in [5.74, 6) is -0.889. The van der Waals surface area contributed by atoms with Crippen molar-refractivity contribution in [3.8, 4) is 0 Å². The van der Waals surface area contributed by atoms with Crippen LogP contribution in [0.3, 0.4) is 0 Å². The Balaban J connectivity index is 1.65. The van der Waals surface area contributed by atoms with Crippen LogP contribution in [0.1, 0.15) is 72.0 Å². The zero-order chi connectivity index (χ0) is 23.0. The fourth-order valence-corrected chi connectivity index (χ4v) is 5.98. The second kappa shape index (κ2) is 8.54. The highest BCUT2D eigenvalue weighted by Gasteiger charge is 2.51. The molecule has 1 saturated carbocycles. The van der Waals surface area contributed by atoms with Crippen LogP contribution >= 0.6 is 0 Å². The van der Waals surface area contributed by atoms with Crippen LogP contribution in [-0.4, -0.2) is 28.0 Å². The lowest BCUT2D eigenvalue weighted by Crippen LogP contribution is -2.50. The quantitative estimate of drug-likeness (QED) is 0.566. The summed E-state index contributed by atoms with van der Waals surface area (Å²) < 4.78 is 38.5. The first-order chi connectivity index (χ1) is 15.1. The molecule has 4 rings (SSSR count). The first-order valence-electron chi connectivity index (χ1n) is 11.3. The number of aryl methyl sites for hydroxylation is 2. The number of hydrogen-bond donors (Lipinski definition) is 2. The fourth-order valence-electron chi connectivity index (χ4n) is 5.98. The molecule has 2 N–H and O–H groups in total. The van der Waals surface area contributed by atoms with Gasteiger partial charge in [-0.2, -0.15) is 13.2 Å². The van der Waals surface area contributed by atoms with Gasteiger partial charge in [0, 0.05) is 6.42 Å². The Labute approximate surface area is 186 Å². The van der Waals surface area contributed by atoms with Gasteiger partial charge in [-0.1, -0.05) is 36.4 Å². The van der Waals surface area contributed by atoms with Crippen LogP contribution in [0.25, 0.3) is 0 Å². The largest absolute Gasteiger partial charge is 0.478 e. The average Bonchev–Trinajstić information content (AvgIpc) is 2.76. The van der Waals surface area contributed by atoms with E-state index in [9.17, 15) is 28.2 Å². The number of aliphatic hydroxyl groups is 1. The lowest BCUT2D eigenvalue weighted by Gasteiger charge is -2.53. The molecule has 6 heteroatoms. The van der Waals surface area contributed by atoms with Crippen molar-refractivity contribution in [2.24, 2.45) is 5.92 Å². The molecular weight excluding hydrogens is 417 g/mol. The Bertz CT molecular complexity index is 972.